The van der Waals surface area contributed by atoms with Crippen LogP contribution >= 0.6 is 0 Å². The molecule has 0 saturated heterocycles. The lowest BCUT2D eigenvalue weighted by Crippen LogP contribution is -1.91. The van der Waals surface area contributed by atoms with Crippen LogP contribution in [0, 0.1) is 6.92 Å². The Balaban J connectivity index is 2.55. The van der Waals surface area contributed by atoms with Crippen molar-refractivity contribution < 1.29 is 5.11 Å². The standard InChI is InChI=1S/C11H12N2O/c1-3-11(14)8-4-5-9-10(6-8)13-7(2)12-9/h3-6,11,14H,1H2,2H3,(H,12,13). The number of fused-ring (bicyclic) bond motifs is 1. The Kier molecular flexibility index (Phi) is 2.09. The first-order chi connectivity index (χ1) is 6.70. The minimum Gasteiger partial charge on any atom is -0.384 e. The highest BCUT2D eigenvalue weighted by Gasteiger charge is 2.05. The number of nitrogens with zero attached hydrogens (tertiary/aromatic N) is 1. The van der Waals surface area contributed by atoms with Crippen LogP contribution in [0.2, 0.25) is 0 Å². The Hall–Kier alpha value is -1.61. The third kappa shape index (κ3) is 1.42. The number of aromatic nitrogens is 2. The highest BCUT2D eigenvalue weighted by molar-refractivity contribution is 5.76. The van der Waals surface area contributed by atoms with Crippen LogP contribution in [0.3, 0.4) is 0 Å². The molecule has 2 N–H and O–H groups in total. The van der Waals surface area contributed by atoms with Gasteiger partial charge in [-0.3, -0.25) is 0 Å². The van der Waals surface area contributed by atoms with Crippen molar-refractivity contribution >= 4 is 11.0 Å². The zero-order valence-electron chi connectivity index (χ0n) is 7.99. The number of rotatable bonds is 2. The molecule has 0 spiro atoms. The van der Waals surface area contributed by atoms with Crippen molar-refractivity contribution in [3.05, 3.63) is 42.2 Å². The van der Waals surface area contributed by atoms with Crippen molar-refractivity contribution in [1.29, 1.82) is 0 Å². The minimum absolute atomic E-state index is 0.608. The first-order valence-electron chi connectivity index (χ1n) is 4.47. The summed E-state index contributed by atoms with van der Waals surface area (Å²) in [6.45, 7) is 5.45. The van der Waals surface area contributed by atoms with Gasteiger partial charge in [-0.25, -0.2) is 4.98 Å². The van der Waals surface area contributed by atoms with Crippen LogP contribution in [0.15, 0.2) is 30.9 Å². The Bertz CT molecular complexity index is 473. The van der Waals surface area contributed by atoms with E-state index < -0.39 is 6.10 Å². The van der Waals surface area contributed by atoms with E-state index in [-0.39, 0.29) is 0 Å². The van der Waals surface area contributed by atoms with E-state index in [1.54, 1.807) is 0 Å². The summed E-state index contributed by atoms with van der Waals surface area (Å²) in [5.41, 5.74) is 2.69. The quantitative estimate of drug-likeness (QED) is 0.709. The van der Waals surface area contributed by atoms with Gasteiger partial charge in [-0.2, -0.15) is 0 Å². The van der Waals surface area contributed by atoms with Gasteiger partial charge in [0.2, 0.25) is 0 Å². The molecule has 0 aliphatic heterocycles. The fraction of sp³-hybridized carbons (Fsp3) is 0.182. The third-order valence-electron chi connectivity index (χ3n) is 2.19. The first-order valence-corrected chi connectivity index (χ1v) is 4.47. The third-order valence-corrected chi connectivity index (χ3v) is 2.19. The maximum Gasteiger partial charge on any atom is 0.104 e. The lowest BCUT2D eigenvalue weighted by atomic mass is 10.1. The van der Waals surface area contributed by atoms with Gasteiger partial charge >= 0.3 is 0 Å². The van der Waals surface area contributed by atoms with Gasteiger partial charge in [0.1, 0.15) is 5.82 Å². The summed E-state index contributed by atoms with van der Waals surface area (Å²) < 4.78 is 0. The van der Waals surface area contributed by atoms with Gasteiger partial charge in [-0.05, 0) is 24.6 Å². The second kappa shape index (κ2) is 3.27. The van der Waals surface area contributed by atoms with Gasteiger partial charge in [0.25, 0.3) is 0 Å². The number of aliphatic hydroxyl groups excluding tert-OH is 1. The van der Waals surface area contributed by atoms with Crippen LogP contribution in [-0.4, -0.2) is 15.1 Å². The summed E-state index contributed by atoms with van der Waals surface area (Å²) in [6.07, 6.45) is 0.896. The highest BCUT2D eigenvalue weighted by atomic mass is 16.3. The first kappa shape index (κ1) is 8.97. The van der Waals surface area contributed by atoms with Crippen LogP contribution in [0.4, 0.5) is 0 Å². The molecular formula is C11H12N2O. The summed E-state index contributed by atoms with van der Waals surface area (Å²) in [5, 5.41) is 9.54. The summed E-state index contributed by atoms with van der Waals surface area (Å²) in [6, 6.07) is 5.64. The Labute approximate surface area is 82.1 Å². The summed E-state index contributed by atoms with van der Waals surface area (Å²) >= 11 is 0. The molecule has 72 valence electrons. The van der Waals surface area contributed by atoms with Crippen molar-refractivity contribution in [1.82, 2.24) is 9.97 Å². The number of benzene rings is 1. The van der Waals surface area contributed by atoms with Gasteiger partial charge in [-0.15, -0.1) is 6.58 Å². The predicted octanol–water partition coefficient (Wildman–Crippen LogP) is 2.09. The molecule has 0 fully saturated rings. The monoisotopic (exact) mass is 188 g/mol. The van der Waals surface area contributed by atoms with E-state index >= 15 is 0 Å². The van der Waals surface area contributed by atoms with Crippen LogP contribution in [0.25, 0.3) is 11.0 Å². The fourth-order valence-electron chi connectivity index (χ4n) is 1.47. The van der Waals surface area contributed by atoms with Gasteiger partial charge in [0.05, 0.1) is 17.1 Å². The molecule has 0 saturated carbocycles. The molecule has 0 amide bonds. The highest BCUT2D eigenvalue weighted by Crippen LogP contribution is 2.19. The van der Waals surface area contributed by atoms with Crippen molar-refractivity contribution in [2.24, 2.45) is 0 Å². The molecule has 1 aromatic heterocycles. The summed E-state index contributed by atoms with van der Waals surface area (Å²) in [7, 11) is 0. The van der Waals surface area contributed by atoms with Crippen LogP contribution < -0.4 is 0 Å². The van der Waals surface area contributed by atoms with E-state index in [4.69, 9.17) is 0 Å². The molecule has 1 heterocycles. The van der Waals surface area contributed by atoms with Gasteiger partial charge < -0.3 is 10.1 Å². The molecule has 2 aromatic rings. The Morgan fingerprint density at radius 2 is 2.36 bits per heavy atom. The van der Waals surface area contributed by atoms with Gasteiger partial charge in [-0.1, -0.05) is 12.1 Å². The maximum absolute atomic E-state index is 9.54. The number of aliphatic hydroxyl groups is 1. The van der Waals surface area contributed by atoms with E-state index in [2.05, 4.69) is 16.5 Å². The largest absolute Gasteiger partial charge is 0.384 e. The van der Waals surface area contributed by atoms with E-state index in [0.717, 1.165) is 22.4 Å². The number of aromatic amines is 1. The van der Waals surface area contributed by atoms with E-state index in [1.807, 2.05) is 25.1 Å². The van der Waals surface area contributed by atoms with Crippen LogP contribution in [0.1, 0.15) is 17.5 Å². The molecular weight excluding hydrogens is 176 g/mol. The van der Waals surface area contributed by atoms with E-state index in [1.165, 1.54) is 6.08 Å². The number of hydrogen-bond donors (Lipinski definition) is 2. The topological polar surface area (TPSA) is 48.9 Å². The SMILES string of the molecule is C=CC(O)c1ccc2nc(C)[nH]c2c1. The minimum atomic E-state index is -0.608. The predicted molar refractivity (Wildman–Crippen MR) is 56.0 cm³/mol. The summed E-state index contributed by atoms with van der Waals surface area (Å²) in [5.74, 6) is 0.880. The van der Waals surface area contributed by atoms with Crippen molar-refractivity contribution in [2.45, 2.75) is 13.0 Å². The number of aryl methyl sites for hydroxylation is 1. The van der Waals surface area contributed by atoms with E-state index in [9.17, 15) is 5.11 Å². The molecule has 0 bridgehead atoms. The second-order valence-corrected chi connectivity index (χ2v) is 3.28. The van der Waals surface area contributed by atoms with E-state index in [0.29, 0.717) is 0 Å². The number of nitrogens with one attached hydrogen (secondary N) is 1. The lowest BCUT2D eigenvalue weighted by Gasteiger charge is -2.04. The van der Waals surface area contributed by atoms with Gasteiger partial charge in [0, 0.05) is 0 Å². The van der Waals surface area contributed by atoms with Crippen molar-refractivity contribution in [3.63, 3.8) is 0 Å². The molecule has 14 heavy (non-hydrogen) atoms. The lowest BCUT2D eigenvalue weighted by molar-refractivity contribution is 0.229. The molecule has 0 aliphatic carbocycles. The zero-order chi connectivity index (χ0) is 10.1. The maximum atomic E-state index is 9.54. The molecule has 3 nitrogen and oxygen atoms in total. The second-order valence-electron chi connectivity index (χ2n) is 3.28. The summed E-state index contributed by atoms with van der Waals surface area (Å²) in [4.78, 5) is 7.40. The van der Waals surface area contributed by atoms with Gasteiger partial charge in [0.15, 0.2) is 0 Å². The Morgan fingerprint density at radius 3 is 3.07 bits per heavy atom. The molecule has 0 radical (unpaired) electrons. The fourth-order valence-corrected chi connectivity index (χ4v) is 1.47. The molecule has 3 heteroatoms. The van der Waals surface area contributed by atoms with Crippen molar-refractivity contribution in [3.8, 4) is 0 Å². The average molecular weight is 188 g/mol. The van der Waals surface area contributed by atoms with Crippen molar-refractivity contribution in [2.75, 3.05) is 0 Å². The molecule has 1 unspecified atom stereocenters. The number of imidazole rings is 1. The van der Waals surface area contributed by atoms with Crippen LogP contribution in [0.5, 0.6) is 0 Å². The zero-order valence-corrected chi connectivity index (χ0v) is 7.99. The molecule has 1 aromatic carbocycles. The van der Waals surface area contributed by atoms with Crippen LogP contribution in [-0.2, 0) is 0 Å². The smallest absolute Gasteiger partial charge is 0.104 e. The number of H-pyrrole nitrogens is 1. The molecule has 1 atom stereocenters. The normalized spacial score (nSPS) is 13.0. The molecule has 2 rings (SSSR count). The number of hydrogen-bond acceptors (Lipinski definition) is 2. The average Bonchev–Trinajstić information content (AvgIpc) is 2.55. The molecule has 0 aliphatic rings. The Morgan fingerprint density at radius 1 is 1.57 bits per heavy atom.